The number of rotatable bonds is 10. The lowest BCUT2D eigenvalue weighted by atomic mass is 10.0. The standard InChI is InChI=1S/C20H30N4O5/c1-11(2)16(21)19(27)23-12(3)17(25)22-13(4)18(26)24-15(20(28)29)10-14-8-6-5-7-9-14/h5-9,11-13,15-16H,10,21H2,1-4H3,(H,22,25)(H,23,27)(H,24,26)(H,28,29)/t12-,13-,15-,16-/m0/s1. The Labute approximate surface area is 170 Å². The van der Waals surface area contributed by atoms with Gasteiger partial charge in [-0.15, -0.1) is 0 Å². The van der Waals surface area contributed by atoms with Crippen LogP contribution in [0.25, 0.3) is 0 Å². The molecule has 160 valence electrons. The molecule has 9 heteroatoms. The van der Waals surface area contributed by atoms with E-state index in [1.165, 1.54) is 13.8 Å². The second-order valence-electron chi connectivity index (χ2n) is 7.32. The van der Waals surface area contributed by atoms with Crippen LogP contribution >= 0.6 is 0 Å². The summed E-state index contributed by atoms with van der Waals surface area (Å²) in [4.78, 5) is 48.0. The summed E-state index contributed by atoms with van der Waals surface area (Å²) in [6, 6.07) is 5.12. The zero-order valence-electron chi connectivity index (χ0n) is 17.1. The lowest BCUT2D eigenvalue weighted by Gasteiger charge is -2.22. The zero-order valence-corrected chi connectivity index (χ0v) is 17.1. The fraction of sp³-hybridized carbons (Fsp3) is 0.500. The number of carbonyl (C=O) groups excluding carboxylic acids is 3. The van der Waals surface area contributed by atoms with Gasteiger partial charge in [0.2, 0.25) is 17.7 Å². The lowest BCUT2D eigenvalue weighted by Crippen LogP contribution is -2.56. The summed E-state index contributed by atoms with van der Waals surface area (Å²) in [7, 11) is 0. The molecule has 0 unspecified atom stereocenters. The van der Waals surface area contributed by atoms with E-state index in [1.54, 1.807) is 38.1 Å². The van der Waals surface area contributed by atoms with Crippen LogP contribution in [0.2, 0.25) is 0 Å². The monoisotopic (exact) mass is 406 g/mol. The molecule has 4 atom stereocenters. The van der Waals surface area contributed by atoms with E-state index >= 15 is 0 Å². The molecule has 0 bridgehead atoms. The molecule has 0 fully saturated rings. The Morgan fingerprint density at radius 1 is 0.862 bits per heavy atom. The first-order chi connectivity index (χ1) is 13.5. The van der Waals surface area contributed by atoms with Gasteiger partial charge in [-0.25, -0.2) is 4.79 Å². The molecular formula is C20H30N4O5. The zero-order chi connectivity index (χ0) is 22.1. The number of carboxylic acids is 1. The van der Waals surface area contributed by atoms with E-state index in [2.05, 4.69) is 16.0 Å². The van der Waals surface area contributed by atoms with Crippen molar-refractivity contribution in [1.29, 1.82) is 0 Å². The molecule has 1 rings (SSSR count). The molecule has 0 saturated carbocycles. The van der Waals surface area contributed by atoms with Crippen molar-refractivity contribution < 1.29 is 24.3 Å². The molecule has 0 aliphatic rings. The Morgan fingerprint density at radius 2 is 1.34 bits per heavy atom. The summed E-state index contributed by atoms with van der Waals surface area (Å²) in [5.41, 5.74) is 6.50. The van der Waals surface area contributed by atoms with Crippen molar-refractivity contribution in [2.45, 2.75) is 58.3 Å². The van der Waals surface area contributed by atoms with Gasteiger partial charge < -0.3 is 26.8 Å². The second kappa shape index (κ2) is 11.2. The van der Waals surface area contributed by atoms with Crippen molar-refractivity contribution in [3.05, 3.63) is 35.9 Å². The first-order valence-corrected chi connectivity index (χ1v) is 9.46. The SMILES string of the molecule is CC(C)[C@H](N)C(=O)N[C@@H](C)C(=O)N[C@@H](C)C(=O)N[C@@H](Cc1ccccc1)C(=O)O. The first kappa shape index (κ1) is 24.1. The van der Waals surface area contributed by atoms with E-state index < -0.39 is 47.9 Å². The lowest BCUT2D eigenvalue weighted by molar-refractivity contribution is -0.142. The summed E-state index contributed by atoms with van der Waals surface area (Å²) in [5.74, 6) is -2.95. The number of hydrogen-bond acceptors (Lipinski definition) is 5. The van der Waals surface area contributed by atoms with Crippen LogP contribution in [0.1, 0.15) is 33.3 Å². The maximum absolute atomic E-state index is 12.3. The van der Waals surface area contributed by atoms with Crippen LogP contribution < -0.4 is 21.7 Å². The molecule has 1 aromatic carbocycles. The number of hydrogen-bond donors (Lipinski definition) is 5. The van der Waals surface area contributed by atoms with Gasteiger partial charge in [0.1, 0.15) is 18.1 Å². The van der Waals surface area contributed by atoms with Gasteiger partial charge in [-0.2, -0.15) is 0 Å². The molecule has 0 aliphatic heterocycles. The van der Waals surface area contributed by atoms with Crippen molar-refractivity contribution in [2.75, 3.05) is 0 Å². The number of amides is 3. The fourth-order valence-electron chi connectivity index (χ4n) is 2.43. The van der Waals surface area contributed by atoms with Gasteiger partial charge in [0.25, 0.3) is 0 Å². The number of carbonyl (C=O) groups is 4. The third-order valence-electron chi connectivity index (χ3n) is 4.42. The minimum absolute atomic E-state index is 0.0903. The van der Waals surface area contributed by atoms with Gasteiger partial charge >= 0.3 is 5.97 Å². The van der Waals surface area contributed by atoms with E-state index in [4.69, 9.17) is 5.73 Å². The van der Waals surface area contributed by atoms with Crippen molar-refractivity contribution in [1.82, 2.24) is 16.0 Å². The number of nitrogens with one attached hydrogen (secondary N) is 3. The first-order valence-electron chi connectivity index (χ1n) is 9.46. The average molecular weight is 406 g/mol. The van der Waals surface area contributed by atoms with E-state index in [0.717, 1.165) is 5.56 Å². The Kier molecular flexibility index (Phi) is 9.27. The molecule has 1 aromatic rings. The van der Waals surface area contributed by atoms with Crippen LogP contribution in [0.15, 0.2) is 30.3 Å². The van der Waals surface area contributed by atoms with Crippen molar-refractivity contribution in [3.8, 4) is 0 Å². The van der Waals surface area contributed by atoms with Gasteiger partial charge in [0.05, 0.1) is 6.04 Å². The average Bonchev–Trinajstić information content (AvgIpc) is 2.66. The summed E-state index contributed by atoms with van der Waals surface area (Å²) in [6.45, 7) is 6.48. The fourth-order valence-corrected chi connectivity index (χ4v) is 2.43. The van der Waals surface area contributed by atoms with Crippen LogP contribution in [-0.4, -0.2) is 53.0 Å². The topological polar surface area (TPSA) is 151 Å². The number of carboxylic acid groups (broad SMARTS) is 1. The number of benzene rings is 1. The van der Waals surface area contributed by atoms with Crippen LogP contribution in [-0.2, 0) is 25.6 Å². The van der Waals surface area contributed by atoms with Crippen LogP contribution in [0.4, 0.5) is 0 Å². The molecule has 0 heterocycles. The largest absolute Gasteiger partial charge is 0.480 e. The quantitative estimate of drug-likeness (QED) is 0.363. The van der Waals surface area contributed by atoms with Gasteiger partial charge in [-0.05, 0) is 25.3 Å². The van der Waals surface area contributed by atoms with Crippen molar-refractivity contribution in [2.24, 2.45) is 11.7 Å². The third-order valence-corrected chi connectivity index (χ3v) is 4.42. The highest BCUT2D eigenvalue weighted by molar-refractivity contribution is 5.93. The molecule has 29 heavy (non-hydrogen) atoms. The van der Waals surface area contributed by atoms with E-state index in [-0.39, 0.29) is 12.3 Å². The Balaban J connectivity index is 2.61. The maximum Gasteiger partial charge on any atom is 0.326 e. The predicted molar refractivity (Wildman–Crippen MR) is 108 cm³/mol. The highest BCUT2D eigenvalue weighted by Crippen LogP contribution is 2.04. The normalized spacial score (nSPS) is 15.0. The van der Waals surface area contributed by atoms with Gasteiger partial charge in [-0.3, -0.25) is 14.4 Å². The van der Waals surface area contributed by atoms with E-state index in [0.29, 0.717) is 0 Å². The summed E-state index contributed by atoms with van der Waals surface area (Å²) in [5, 5.41) is 16.7. The summed E-state index contributed by atoms with van der Waals surface area (Å²) >= 11 is 0. The third kappa shape index (κ3) is 7.90. The molecular weight excluding hydrogens is 376 g/mol. The maximum atomic E-state index is 12.3. The summed E-state index contributed by atoms with van der Waals surface area (Å²) < 4.78 is 0. The highest BCUT2D eigenvalue weighted by atomic mass is 16.4. The van der Waals surface area contributed by atoms with Crippen LogP contribution in [0.3, 0.4) is 0 Å². The van der Waals surface area contributed by atoms with E-state index in [1.807, 2.05) is 6.07 Å². The Hall–Kier alpha value is -2.94. The molecule has 0 aromatic heterocycles. The van der Waals surface area contributed by atoms with Crippen molar-refractivity contribution in [3.63, 3.8) is 0 Å². The van der Waals surface area contributed by atoms with Crippen molar-refractivity contribution >= 4 is 23.7 Å². The molecule has 0 radical (unpaired) electrons. The van der Waals surface area contributed by atoms with Gasteiger partial charge in [0.15, 0.2) is 0 Å². The minimum atomic E-state index is -1.18. The molecule has 9 nitrogen and oxygen atoms in total. The van der Waals surface area contributed by atoms with Gasteiger partial charge in [0, 0.05) is 6.42 Å². The minimum Gasteiger partial charge on any atom is -0.480 e. The molecule has 0 aliphatic carbocycles. The highest BCUT2D eigenvalue weighted by Gasteiger charge is 2.27. The molecule has 0 spiro atoms. The number of nitrogens with two attached hydrogens (primary N) is 1. The Bertz CT molecular complexity index is 723. The van der Waals surface area contributed by atoms with Crippen LogP contribution in [0, 0.1) is 5.92 Å². The summed E-state index contributed by atoms with van der Waals surface area (Å²) in [6.07, 6.45) is 0.113. The predicted octanol–water partition coefficient (Wildman–Crippen LogP) is -0.209. The smallest absolute Gasteiger partial charge is 0.326 e. The van der Waals surface area contributed by atoms with Gasteiger partial charge in [-0.1, -0.05) is 44.2 Å². The molecule has 3 amide bonds. The van der Waals surface area contributed by atoms with Crippen LogP contribution in [0.5, 0.6) is 0 Å². The second-order valence-corrected chi connectivity index (χ2v) is 7.32. The Morgan fingerprint density at radius 3 is 1.83 bits per heavy atom. The molecule has 6 N–H and O–H groups in total. The molecule has 0 saturated heterocycles. The van der Waals surface area contributed by atoms with E-state index in [9.17, 15) is 24.3 Å². The number of aliphatic carboxylic acids is 1.